The number of hydrogen-bond acceptors (Lipinski definition) is 5. The van der Waals surface area contributed by atoms with Gasteiger partial charge in [-0.1, -0.05) is 28.1 Å². The zero-order chi connectivity index (χ0) is 15.5. The van der Waals surface area contributed by atoms with E-state index in [0.717, 1.165) is 33.1 Å². The van der Waals surface area contributed by atoms with Crippen LogP contribution in [-0.4, -0.2) is 15.0 Å². The lowest BCUT2D eigenvalue weighted by Gasteiger charge is -2.10. The first-order valence-electron chi connectivity index (χ1n) is 6.57. The lowest BCUT2D eigenvalue weighted by atomic mass is 10.2. The maximum Gasteiger partial charge on any atom is 0.223 e. The van der Waals surface area contributed by atoms with Gasteiger partial charge in [0.1, 0.15) is 5.01 Å². The first kappa shape index (κ1) is 15.1. The molecule has 1 N–H and O–H groups in total. The third-order valence-corrected chi connectivity index (χ3v) is 4.55. The molecule has 22 heavy (non-hydrogen) atoms. The highest BCUT2D eigenvalue weighted by atomic mass is 79.9. The smallest absolute Gasteiger partial charge is 0.223 e. The lowest BCUT2D eigenvalue weighted by Crippen LogP contribution is -2.09. The molecule has 2 aromatic heterocycles. The Bertz CT molecular complexity index is 758. The molecule has 7 heteroatoms. The van der Waals surface area contributed by atoms with Crippen molar-refractivity contribution in [3.05, 3.63) is 57.3 Å². The molecule has 0 radical (unpaired) electrons. The summed E-state index contributed by atoms with van der Waals surface area (Å²) in [7, 11) is 0. The molecule has 3 aromatic rings. The average Bonchev–Trinajstić information content (AvgIpc) is 3.00. The monoisotopic (exact) mass is 378 g/mol. The van der Waals surface area contributed by atoms with Crippen molar-refractivity contribution in [3.63, 3.8) is 0 Å². The standard InChI is InChI=1S/C15H12BrFN4S/c1-9(20-15-18-6-12(17)7-19-15)14-21-13(8-22-14)10-2-4-11(16)5-3-10/h2-9H,1H3,(H,18,19,20)/t9-/m0/s1. The van der Waals surface area contributed by atoms with E-state index in [-0.39, 0.29) is 6.04 Å². The normalized spacial score (nSPS) is 12.1. The van der Waals surface area contributed by atoms with E-state index in [0.29, 0.717) is 5.95 Å². The molecule has 0 aliphatic carbocycles. The predicted molar refractivity (Wildman–Crippen MR) is 89.3 cm³/mol. The fourth-order valence-electron chi connectivity index (χ4n) is 1.88. The van der Waals surface area contributed by atoms with Gasteiger partial charge in [0, 0.05) is 15.4 Å². The number of nitrogens with one attached hydrogen (secondary N) is 1. The van der Waals surface area contributed by atoms with E-state index in [9.17, 15) is 4.39 Å². The number of benzene rings is 1. The highest BCUT2D eigenvalue weighted by molar-refractivity contribution is 9.10. The quantitative estimate of drug-likeness (QED) is 0.716. The molecule has 0 aliphatic heterocycles. The molecule has 0 bridgehead atoms. The summed E-state index contributed by atoms with van der Waals surface area (Å²) in [4.78, 5) is 12.4. The van der Waals surface area contributed by atoms with Gasteiger partial charge in [0.2, 0.25) is 5.95 Å². The van der Waals surface area contributed by atoms with Gasteiger partial charge in [-0.25, -0.2) is 19.3 Å². The summed E-state index contributed by atoms with van der Waals surface area (Å²) >= 11 is 4.98. The van der Waals surface area contributed by atoms with Gasteiger partial charge < -0.3 is 5.32 Å². The number of nitrogens with zero attached hydrogens (tertiary/aromatic N) is 3. The second-order valence-electron chi connectivity index (χ2n) is 4.67. The average molecular weight is 379 g/mol. The number of aromatic nitrogens is 3. The Labute approximate surface area is 139 Å². The number of thiazole rings is 1. The Hall–Kier alpha value is -1.86. The Morgan fingerprint density at radius 2 is 1.86 bits per heavy atom. The van der Waals surface area contributed by atoms with Gasteiger partial charge in [-0.15, -0.1) is 11.3 Å². The van der Waals surface area contributed by atoms with Crippen LogP contribution in [0.4, 0.5) is 10.3 Å². The van der Waals surface area contributed by atoms with Crippen molar-refractivity contribution < 1.29 is 4.39 Å². The molecule has 0 saturated carbocycles. The van der Waals surface area contributed by atoms with Gasteiger partial charge in [0.15, 0.2) is 5.82 Å². The minimum absolute atomic E-state index is 0.0559. The molecule has 1 aromatic carbocycles. The SMILES string of the molecule is C[C@H](Nc1ncc(F)cn1)c1nc(-c2ccc(Br)cc2)cs1. The van der Waals surface area contributed by atoms with Crippen molar-refractivity contribution in [3.8, 4) is 11.3 Å². The molecule has 0 fully saturated rings. The van der Waals surface area contributed by atoms with Crippen LogP contribution in [0.3, 0.4) is 0 Å². The molecule has 0 unspecified atom stereocenters. The fraction of sp³-hybridized carbons (Fsp3) is 0.133. The van der Waals surface area contributed by atoms with E-state index in [1.54, 1.807) is 11.3 Å². The molecule has 0 aliphatic rings. The second kappa shape index (κ2) is 6.50. The maximum absolute atomic E-state index is 12.8. The van der Waals surface area contributed by atoms with E-state index >= 15 is 0 Å². The van der Waals surface area contributed by atoms with Crippen LogP contribution >= 0.6 is 27.3 Å². The molecule has 2 heterocycles. The third kappa shape index (κ3) is 3.48. The lowest BCUT2D eigenvalue weighted by molar-refractivity contribution is 0.613. The van der Waals surface area contributed by atoms with Crippen LogP contribution in [0.5, 0.6) is 0 Å². The molecule has 1 atom stereocenters. The molecule has 3 rings (SSSR count). The number of halogens is 2. The van der Waals surface area contributed by atoms with Crippen molar-refractivity contribution in [1.82, 2.24) is 15.0 Å². The molecule has 0 amide bonds. The summed E-state index contributed by atoms with van der Waals surface area (Å²) in [6, 6.07) is 7.96. The third-order valence-electron chi connectivity index (χ3n) is 3.00. The Morgan fingerprint density at radius 3 is 2.55 bits per heavy atom. The summed E-state index contributed by atoms with van der Waals surface area (Å²) in [6.07, 6.45) is 2.27. The summed E-state index contributed by atoms with van der Waals surface area (Å²) in [5, 5.41) is 6.05. The van der Waals surface area contributed by atoms with Crippen molar-refractivity contribution in [1.29, 1.82) is 0 Å². The Kier molecular flexibility index (Phi) is 4.44. The van der Waals surface area contributed by atoms with Gasteiger partial charge >= 0.3 is 0 Å². The topological polar surface area (TPSA) is 50.7 Å². The van der Waals surface area contributed by atoms with Crippen molar-refractivity contribution in [2.24, 2.45) is 0 Å². The van der Waals surface area contributed by atoms with Gasteiger partial charge in [-0.2, -0.15) is 0 Å². The highest BCUT2D eigenvalue weighted by Crippen LogP contribution is 2.27. The van der Waals surface area contributed by atoms with Crippen molar-refractivity contribution in [2.75, 3.05) is 5.32 Å². The van der Waals surface area contributed by atoms with Crippen LogP contribution in [-0.2, 0) is 0 Å². The van der Waals surface area contributed by atoms with Crippen LogP contribution in [0, 0.1) is 5.82 Å². The molecular weight excluding hydrogens is 367 g/mol. The number of rotatable bonds is 4. The fourth-order valence-corrected chi connectivity index (χ4v) is 2.98. The van der Waals surface area contributed by atoms with Gasteiger partial charge in [0.05, 0.1) is 24.1 Å². The van der Waals surface area contributed by atoms with E-state index in [4.69, 9.17) is 0 Å². The molecule has 112 valence electrons. The van der Waals surface area contributed by atoms with Crippen LogP contribution in [0.25, 0.3) is 11.3 Å². The van der Waals surface area contributed by atoms with Crippen LogP contribution in [0.1, 0.15) is 18.0 Å². The van der Waals surface area contributed by atoms with Crippen LogP contribution in [0.15, 0.2) is 46.5 Å². The van der Waals surface area contributed by atoms with E-state index < -0.39 is 5.82 Å². The zero-order valence-electron chi connectivity index (χ0n) is 11.6. The molecule has 0 spiro atoms. The molecule has 0 saturated heterocycles. The van der Waals surface area contributed by atoms with E-state index in [2.05, 4.69) is 36.2 Å². The zero-order valence-corrected chi connectivity index (χ0v) is 14.0. The van der Waals surface area contributed by atoms with E-state index in [1.165, 1.54) is 0 Å². The summed E-state index contributed by atoms with van der Waals surface area (Å²) in [5.41, 5.74) is 2.00. The maximum atomic E-state index is 12.8. The van der Waals surface area contributed by atoms with Gasteiger partial charge in [-0.3, -0.25) is 0 Å². The van der Waals surface area contributed by atoms with Crippen LogP contribution < -0.4 is 5.32 Å². The Balaban J connectivity index is 1.75. The predicted octanol–water partition coefficient (Wildman–Crippen LogP) is 4.67. The molecular formula is C15H12BrFN4S. The van der Waals surface area contributed by atoms with E-state index in [1.807, 2.05) is 36.6 Å². The van der Waals surface area contributed by atoms with Gasteiger partial charge in [0.25, 0.3) is 0 Å². The van der Waals surface area contributed by atoms with Gasteiger partial charge in [-0.05, 0) is 19.1 Å². The minimum Gasteiger partial charge on any atom is -0.345 e. The Morgan fingerprint density at radius 1 is 1.18 bits per heavy atom. The largest absolute Gasteiger partial charge is 0.345 e. The van der Waals surface area contributed by atoms with Crippen LogP contribution in [0.2, 0.25) is 0 Å². The second-order valence-corrected chi connectivity index (χ2v) is 6.47. The first-order valence-corrected chi connectivity index (χ1v) is 8.24. The molecule has 4 nitrogen and oxygen atoms in total. The minimum atomic E-state index is -0.454. The number of hydrogen-bond donors (Lipinski definition) is 1. The number of anilines is 1. The van der Waals surface area contributed by atoms with Crippen molar-refractivity contribution >= 4 is 33.2 Å². The summed E-state index contributed by atoms with van der Waals surface area (Å²) in [6.45, 7) is 1.97. The first-order chi connectivity index (χ1) is 10.6. The summed E-state index contributed by atoms with van der Waals surface area (Å²) in [5.74, 6) is -0.0701. The highest BCUT2D eigenvalue weighted by Gasteiger charge is 2.12. The summed E-state index contributed by atoms with van der Waals surface area (Å²) < 4.78 is 13.8. The van der Waals surface area contributed by atoms with Crippen molar-refractivity contribution in [2.45, 2.75) is 13.0 Å².